The third kappa shape index (κ3) is 4.61. The molecule has 0 aliphatic carbocycles. The maximum atomic E-state index is 11.2. The van der Waals surface area contributed by atoms with Crippen LogP contribution in [0.3, 0.4) is 0 Å². The van der Waals surface area contributed by atoms with Crippen molar-refractivity contribution in [2.75, 3.05) is 0 Å². The minimum atomic E-state index is -0.410. The van der Waals surface area contributed by atoms with Gasteiger partial charge in [-0.15, -0.1) is 0 Å². The number of Topliss-reactive ketones (excluding diaryl/α,β-unsaturated/α-hetero) is 1. The minimum absolute atomic E-state index is 0.0249. The highest BCUT2D eigenvalue weighted by Crippen LogP contribution is 2.16. The largest absolute Gasteiger partial charge is 0.427 e. The Balaban J connectivity index is 2.44. The zero-order chi connectivity index (χ0) is 11.3. The quantitative estimate of drug-likeness (QED) is 0.586. The number of carbonyl (C=O) groups is 2. The van der Waals surface area contributed by atoms with Crippen molar-refractivity contribution >= 4 is 23.4 Å². The number of hydrogen-bond acceptors (Lipinski definition) is 3. The number of rotatable bonds is 4. The van der Waals surface area contributed by atoms with Crippen molar-refractivity contribution in [3.05, 3.63) is 29.3 Å². The molecular weight excluding hydrogens is 216 g/mol. The first-order valence-corrected chi connectivity index (χ1v) is 4.91. The van der Waals surface area contributed by atoms with Crippen LogP contribution in [0.15, 0.2) is 24.3 Å². The molecule has 0 aromatic heterocycles. The van der Waals surface area contributed by atoms with Crippen molar-refractivity contribution in [2.24, 2.45) is 0 Å². The van der Waals surface area contributed by atoms with E-state index in [0.717, 1.165) is 0 Å². The Morgan fingerprint density at radius 1 is 1.20 bits per heavy atom. The Kier molecular flexibility index (Phi) is 4.31. The molecule has 0 N–H and O–H groups in total. The average molecular weight is 227 g/mol. The zero-order valence-electron chi connectivity index (χ0n) is 8.33. The van der Waals surface area contributed by atoms with Gasteiger partial charge in [0.25, 0.3) is 0 Å². The van der Waals surface area contributed by atoms with E-state index >= 15 is 0 Å². The smallest absolute Gasteiger partial charge is 0.311 e. The van der Waals surface area contributed by atoms with Crippen LogP contribution >= 0.6 is 11.6 Å². The second-order valence-corrected chi connectivity index (χ2v) is 3.57. The molecule has 15 heavy (non-hydrogen) atoms. The van der Waals surface area contributed by atoms with E-state index in [-0.39, 0.29) is 18.6 Å². The molecule has 80 valence electrons. The summed E-state index contributed by atoms with van der Waals surface area (Å²) in [6.45, 7) is 1.44. The monoisotopic (exact) mass is 226 g/mol. The Bertz CT molecular complexity index is 357. The molecule has 0 spiro atoms. The summed E-state index contributed by atoms with van der Waals surface area (Å²) >= 11 is 5.67. The van der Waals surface area contributed by atoms with Crippen LogP contribution in [-0.2, 0) is 9.59 Å². The van der Waals surface area contributed by atoms with E-state index in [1.54, 1.807) is 24.3 Å². The maximum absolute atomic E-state index is 11.2. The van der Waals surface area contributed by atoms with Gasteiger partial charge in [0.05, 0.1) is 6.42 Å². The second kappa shape index (κ2) is 5.51. The molecule has 1 rings (SSSR count). The lowest BCUT2D eigenvalue weighted by Gasteiger charge is -2.02. The first-order chi connectivity index (χ1) is 7.08. The van der Waals surface area contributed by atoms with Crippen molar-refractivity contribution in [1.29, 1.82) is 0 Å². The van der Waals surface area contributed by atoms with Crippen LogP contribution in [0.2, 0.25) is 5.02 Å². The SMILES string of the molecule is CC(=O)CCC(=O)Oc1ccc(Cl)cc1. The molecule has 0 heterocycles. The highest BCUT2D eigenvalue weighted by Gasteiger charge is 2.06. The molecule has 4 heteroatoms. The van der Waals surface area contributed by atoms with E-state index in [0.29, 0.717) is 10.8 Å². The first-order valence-electron chi connectivity index (χ1n) is 4.53. The predicted molar refractivity (Wildman–Crippen MR) is 57.0 cm³/mol. The molecule has 0 unspecified atom stereocenters. The molecular formula is C11H11ClO3. The summed E-state index contributed by atoms with van der Waals surface area (Å²) in [7, 11) is 0. The van der Waals surface area contributed by atoms with E-state index < -0.39 is 5.97 Å². The lowest BCUT2D eigenvalue weighted by molar-refractivity contribution is -0.135. The van der Waals surface area contributed by atoms with Gasteiger partial charge in [0.15, 0.2) is 0 Å². The third-order valence-electron chi connectivity index (χ3n) is 1.73. The number of halogens is 1. The second-order valence-electron chi connectivity index (χ2n) is 3.13. The molecule has 0 radical (unpaired) electrons. The van der Waals surface area contributed by atoms with Crippen molar-refractivity contribution < 1.29 is 14.3 Å². The summed E-state index contributed by atoms with van der Waals surface area (Å²) < 4.78 is 4.97. The van der Waals surface area contributed by atoms with Gasteiger partial charge in [-0.25, -0.2) is 0 Å². The van der Waals surface area contributed by atoms with E-state index in [4.69, 9.17) is 16.3 Å². The van der Waals surface area contributed by atoms with Crippen LogP contribution in [-0.4, -0.2) is 11.8 Å². The van der Waals surface area contributed by atoms with Crippen LogP contribution in [0.25, 0.3) is 0 Å². The molecule has 3 nitrogen and oxygen atoms in total. The van der Waals surface area contributed by atoms with Gasteiger partial charge < -0.3 is 9.53 Å². The number of ether oxygens (including phenoxy) is 1. The van der Waals surface area contributed by atoms with E-state index in [2.05, 4.69) is 0 Å². The number of carbonyl (C=O) groups excluding carboxylic acids is 2. The molecule has 0 fully saturated rings. The van der Waals surface area contributed by atoms with Gasteiger partial charge in [0.1, 0.15) is 11.5 Å². The molecule has 0 bridgehead atoms. The molecule has 0 aliphatic rings. The van der Waals surface area contributed by atoms with Crippen LogP contribution in [0.1, 0.15) is 19.8 Å². The standard InChI is InChI=1S/C11H11ClO3/c1-8(13)2-7-11(14)15-10-5-3-9(12)4-6-10/h3-6H,2,7H2,1H3. The van der Waals surface area contributed by atoms with Gasteiger partial charge in [0, 0.05) is 11.4 Å². The van der Waals surface area contributed by atoms with Crippen LogP contribution in [0.5, 0.6) is 5.75 Å². The van der Waals surface area contributed by atoms with E-state index in [1.807, 2.05) is 0 Å². The van der Waals surface area contributed by atoms with Gasteiger partial charge in [-0.3, -0.25) is 4.79 Å². The molecule has 0 aliphatic heterocycles. The van der Waals surface area contributed by atoms with Crippen LogP contribution in [0.4, 0.5) is 0 Å². The average Bonchev–Trinajstić information content (AvgIpc) is 2.19. The lowest BCUT2D eigenvalue weighted by atomic mass is 10.2. The summed E-state index contributed by atoms with van der Waals surface area (Å²) in [5.41, 5.74) is 0. The molecule has 1 aromatic rings. The lowest BCUT2D eigenvalue weighted by Crippen LogP contribution is -2.09. The Labute approximate surface area is 93.0 Å². The fraction of sp³-hybridized carbons (Fsp3) is 0.273. The van der Waals surface area contributed by atoms with E-state index in [1.165, 1.54) is 6.92 Å². The minimum Gasteiger partial charge on any atom is -0.427 e. The predicted octanol–water partition coefficient (Wildman–Crippen LogP) is 2.61. The van der Waals surface area contributed by atoms with Gasteiger partial charge in [-0.05, 0) is 31.2 Å². The topological polar surface area (TPSA) is 43.4 Å². The number of esters is 1. The van der Waals surface area contributed by atoms with Crippen molar-refractivity contribution in [1.82, 2.24) is 0 Å². The van der Waals surface area contributed by atoms with Gasteiger partial charge in [-0.1, -0.05) is 11.6 Å². The third-order valence-corrected chi connectivity index (χ3v) is 1.98. The Morgan fingerprint density at radius 2 is 1.80 bits per heavy atom. The molecule has 0 saturated heterocycles. The normalized spacial score (nSPS) is 9.73. The number of benzene rings is 1. The van der Waals surface area contributed by atoms with E-state index in [9.17, 15) is 9.59 Å². The first kappa shape index (κ1) is 11.7. The summed E-state index contributed by atoms with van der Waals surface area (Å²) in [4.78, 5) is 21.8. The fourth-order valence-electron chi connectivity index (χ4n) is 0.963. The van der Waals surface area contributed by atoms with Crippen LogP contribution in [0, 0.1) is 0 Å². The van der Waals surface area contributed by atoms with Crippen molar-refractivity contribution in [2.45, 2.75) is 19.8 Å². The summed E-state index contributed by atoms with van der Waals surface area (Å²) in [5, 5.41) is 0.582. The molecule has 0 atom stereocenters. The molecule has 1 aromatic carbocycles. The maximum Gasteiger partial charge on any atom is 0.311 e. The molecule has 0 saturated carbocycles. The highest BCUT2D eigenvalue weighted by atomic mass is 35.5. The highest BCUT2D eigenvalue weighted by molar-refractivity contribution is 6.30. The van der Waals surface area contributed by atoms with Crippen molar-refractivity contribution in [3.63, 3.8) is 0 Å². The number of hydrogen-bond donors (Lipinski definition) is 0. The Hall–Kier alpha value is -1.35. The van der Waals surface area contributed by atoms with Crippen LogP contribution < -0.4 is 4.74 Å². The zero-order valence-corrected chi connectivity index (χ0v) is 9.08. The van der Waals surface area contributed by atoms with Gasteiger partial charge >= 0.3 is 5.97 Å². The van der Waals surface area contributed by atoms with Gasteiger partial charge in [-0.2, -0.15) is 0 Å². The summed E-state index contributed by atoms with van der Waals surface area (Å²) in [5.74, 6) is 0.00327. The number of ketones is 1. The molecule has 0 amide bonds. The Morgan fingerprint density at radius 3 is 2.33 bits per heavy atom. The van der Waals surface area contributed by atoms with Gasteiger partial charge in [0.2, 0.25) is 0 Å². The fourth-order valence-corrected chi connectivity index (χ4v) is 1.09. The van der Waals surface area contributed by atoms with Crippen molar-refractivity contribution in [3.8, 4) is 5.75 Å². The summed E-state index contributed by atoms with van der Waals surface area (Å²) in [6, 6.07) is 6.48. The summed E-state index contributed by atoms with van der Waals surface area (Å²) in [6.07, 6.45) is 0.324.